The van der Waals surface area contributed by atoms with E-state index in [1.807, 2.05) is 49.3 Å². The minimum absolute atomic E-state index is 0. The van der Waals surface area contributed by atoms with Crippen molar-refractivity contribution >= 4 is 66.7 Å². The van der Waals surface area contributed by atoms with Crippen molar-refractivity contribution in [3.63, 3.8) is 0 Å². The van der Waals surface area contributed by atoms with Crippen LogP contribution in [0.4, 0.5) is 9.52 Å². The summed E-state index contributed by atoms with van der Waals surface area (Å²) in [6.07, 6.45) is 0. The number of para-hydroxylation sites is 1. The fourth-order valence-corrected chi connectivity index (χ4v) is 4.77. The molecule has 0 aliphatic heterocycles. The molecule has 0 aliphatic carbocycles. The Labute approximate surface area is 204 Å². The summed E-state index contributed by atoms with van der Waals surface area (Å²) in [7, 11) is 3.77. The lowest BCUT2D eigenvalue weighted by molar-refractivity contribution is 0.0982. The summed E-state index contributed by atoms with van der Waals surface area (Å²) in [6.45, 7) is 0.812. The van der Waals surface area contributed by atoms with E-state index >= 15 is 0 Å². The lowest BCUT2D eigenvalue weighted by Gasteiger charge is -2.21. The third-order valence-electron chi connectivity index (χ3n) is 5.48. The number of halogens is 2. The lowest BCUT2D eigenvalue weighted by atomic mass is 10.0. The van der Waals surface area contributed by atoms with Gasteiger partial charge in [0.15, 0.2) is 5.13 Å². The molecule has 0 saturated heterocycles. The molecule has 2 heterocycles. The van der Waals surface area contributed by atoms with Gasteiger partial charge in [-0.1, -0.05) is 47.7 Å². The number of thiazole rings is 1. The third-order valence-corrected chi connectivity index (χ3v) is 6.52. The number of anilines is 1. The van der Waals surface area contributed by atoms with Gasteiger partial charge in [-0.2, -0.15) is 0 Å². The Bertz CT molecular complexity index is 1580. The molecule has 5 aromatic rings. The van der Waals surface area contributed by atoms with E-state index in [2.05, 4.69) is 4.98 Å². The van der Waals surface area contributed by atoms with Crippen LogP contribution < -0.4 is 10.5 Å². The van der Waals surface area contributed by atoms with Crippen LogP contribution in [0, 0.1) is 5.82 Å². The number of hydrogen-bond acceptors (Lipinski definition) is 6. The predicted molar refractivity (Wildman–Crippen MR) is 137 cm³/mol. The quantitative estimate of drug-likeness (QED) is 0.243. The maximum absolute atomic E-state index is 14.3. The van der Waals surface area contributed by atoms with Crippen LogP contribution in [-0.4, -0.2) is 43.0 Å². The molecule has 0 atom stereocenters. The van der Waals surface area contributed by atoms with Gasteiger partial charge in [-0.3, -0.25) is 9.69 Å². The molecule has 0 saturated carbocycles. The van der Waals surface area contributed by atoms with E-state index in [0.717, 1.165) is 10.8 Å². The summed E-state index contributed by atoms with van der Waals surface area (Å²) in [5, 5.41) is 2.87. The summed E-state index contributed by atoms with van der Waals surface area (Å²) in [4.78, 5) is 34.2. The molecule has 0 spiro atoms. The predicted octanol–water partition coefficient (Wildman–Crippen LogP) is 5.33. The topological polar surface area (TPSA) is 66.7 Å². The molecule has 174 valence electrons. The molecule has 0 N–H and O–H groups in total. The second-order valence-corrected chi connectivity index (χ2v) is 9.00. The summed E-state index contributed by atoms with van der Waals surface area (Å²) in [5.74, 6) is -0.980. The number of fused-ring (bicyclic) bond motifs is 4. The molecule has 5 rings (SSSR count). The number of carbonyl (C=O) groups is 1. The smallest absolute Gasteiger partial charge is 0.349 e. The summed E-state index contributed by atoms with van der Waals surface area (Å²) in [5.41, 5.74) is -0.184. The largest absolute Gasteiger partial charge is 0.422 e. The van der Waals surface area contributed by atoms with Gasteiger partial charge >= 0.3 is 5.63 Å². The second-order valence-electron chi connectivity index (χ2n) is 7.99. The van der Waals surface area contributed by atoms with Crippen molar-refractivity contribution < 1.29 is 13.6 Å². The molecule has 2 aromatic heterocycles. The number of carbonyl (C=O) groups excluding carboxylic acids is 1. The Balaban J connectivity index is 0.00000274. The van der Waals surface area contributed by atoms with Gasteiger partial charge in [0.05, 0.1) is 4.70 Å². The van der Waals surface area contributed by atoms with Crippen molar-refractivity contribution in [3.05, 3.63) is 82.5 Å². The average molecular weight is 498 g/mol. The number of nitrogens with zero attached hydrogens (tertiary/aromatic N) is 3. The van der Waals surface area contributed by atoms with E-state index in [1.54, 1.807) is 24.3 Å². The van der Waals surface area contributed by atoms with Crippen LogP contribution in [0.2, 0.25) is 0 Å². The Morgan fingerprint density at radius 3 is 2.59 bits per heavy atom. The Morgan fingerprint density at radius 2 is 1.82 bits per heavy atom. The zero-order valence-electron chi connectivity index (χ0n) is 18.4. The molecule has 34 heavy (non-hydrogen) atoms. The van der Waals surface area contributed by atoms with Crippen LogP contribution in [-0.2, 0) is 0 Å². The van der Waals surface area contributed by atoms with Gasteiger partial charge in [0.25, 0.3) is 5.91 Å². The first-order valence-corrected chi connectivity index (χ1v) is 11.2. The van der Waals surface area contributed by atoms with Gasteiger partial charge in [-0.15, -0.1) is 12.4 Å². The summed E-state index contributed by atoms with van der Waals surface area (Å²) < 4.78 is 20.4. The van der Waals surface area contributed by atoms with Crippen LogP contribution in [0.5, 0.6) is 0 Å². The second kappa shape index (κ2) is 9.50. The van der Waals surface area contributed by atoms with E-state index in [1.165, 1.54) is 22.3 Å². The number of rotatable bonds is 5. The van der Waals surface area contributed by atoms with Gasteiger partial charge < -0.3 is 9.32 Å². The molecule has 6 nitrogen and oxygen atoms in total. The fraction of sp³-hybridized carbons (Fsp3) is 0.160. The van der Waals surface area contributed by atoms with Gasteiger partial charge in [-0.05, 0) is 49.1 Å². The first-order valence-electron chi connectivity index (χ1n) is 10.4. The highest BCUT2D eigenvalue weighted by Gasteiger charge is 2.25. The van der Waals surface area contributed by atoms with Crippen molar-refractivity contribution in [1.29, 1.82) is 0 Å². The van der Waals surface area contributed by atoms with Crippen LogP contribution in [0.1, 0.15) is 10.4 Å². The molecule has 0 fully saturated rings. The van der Waals surface area contributed by atoms with Crippen LogP contribution in [0.15, 0.2) is 69.9 Å². The maximum Gasteiger partial charge on any atom is 0.349 e. The van der Waals surface area contributed by atoms with Crippen LogP contribution in [0.3, 0.4) is 0 Å². The highest BCUT2D eigenvalue weighted by molar-refractivity contribution is 7.22. The molecule has 3 aromatic carbocycles. The average Bonchev–Trinajstić information content (AvgIpc) is 3.23. The SMILES string of the molecule is CN(C)CCN(C(=O)c1cc2c(ccc3ccccc32)oc1=O)c1nc2c(F)cccc2s1.Cl. The van der Waals surface area contributed by atoms with E-state index in [4.69, 9.17) is 4.42 Å². The van der Waals surface area contributed by atoms with E-state index in [-0.39, 0.29) is 30.0 Å². The Morgan fingerprint density at radius 1 is 1.03 bits per heavy atom. The fourth-order valence-electron chi connectivity index (χ4n) is 3.77. The maximum atomic E-state index is 14.3. The van der Waals surface area contributed by atoms with Crippen molar-refractivity contribution in [2.75, 3.05) is 32.1 Å². The normalized spacial score (nSPS) is 11.3. The zero-order chi connectivity index (χ0) is 23.1. The molecule has 0 unspecified atom stereocenters. The molecule has 0 bridgehead atoms. The third kappa shape index (κ3) is 4.27. The minimum Gasteiger partial charge on any atom is -0.422 e. The van der Waals surface area contributed by atoms with Crippen molar-refractivity contribution in [2.45, 2.75) is 0 Å². The number of aromatic nitrogens is 1. The lowest BCUT2D eigenvalue weighted by Crippen LogP contribution is -2.38. The molecule has 1 amide bonds. The number of amides is 1. The zero-order valence-corrected chi connectivity index (χ0v) is 20.1. The van der Waals surface area contributed by atoms with Crippen molar-refractivity contribution in [3.8, 4) is 0 Å². The molecule has 0 aliphatic rings. The Hall–Kier alpha value is -3.33. The van der Waals surface area contributed by atoms with Gasteiger partial charge in [0.2, 0.25) is 0 Å². The number of likely N-dealkylation sites (N-methyl/N-ethyl adjacent to an activating group) is 1. The number of hydrogen-bond donors (Lipinski definition) is 0. The first-order chi connectivity index (χ1) is 15.9. The highest BCUT2D eigenvalue weighted by Crippen LogP contribution is 2.31. The summed E-state index contributed by atoms with van der Waals surface area (Å²) >= 11 is 1.21. The molecule has 0 radical (unpaired) electrons. The van der Waals surface area contributed by atoms with Gasteiger partial charge in [-0.25, -0.2) is 14.2 Å². The Kier molecular flexibility index (Phi) is 6.65. The number of benzene rings is 3. The molecule has 9 heteroatoms. The van der Waals surface area contributed by atoms with Crippen LogP contribution >= 0.6 is 23.7 Å². The van der Waals surface area contributed by atoms with Gasteiger partial charge in [0.1, 0.15) is 22.5 Å². The molecular weight excluding hydrogens is 477 g/mol. The van der Waals surface area contributed by atoms with Gasteiger partial charge in [0, 0.05) is 18.5 Å². The highest BCUT2D eigenvalue weighted by atomic mass is 35.5. The summed E-state index contributed by atoms with van der Waals surface area (Å²) in [6, 6.07) is 17.6. The van der Waals surface area contributed by atoms with Crippen molar-refractivity contribution in [2.24, 2.45) is 0 Å². The van der Waals surface area contributed by atoms with E-state index < -0.39 is 17.3 Å². The van der Waals surface area contributed by atoms with Crippen LogP contribution in [0.25, 0.3) is 32.0 Å². The van der Waals surface area contributed by atoms with E-state index in [9.17, 15) is 14.0 Å². The van der Waals surface area contributed by atoms with Crippen molar-refractivity contribution in [1.82, 2.24) is 9.88 Å². The molecular formula is C25H21ClFN3O3S. The van der Waals surface area contributed by atoms with E-state index in [0.29, 0.717) is 27.3 Å². The minimum atomic E-state index is -0.718. The monoisotopic (exact) mass is 497 g/mol. The first kappa shape index (κ1) is 23.8. The standard InChI is InChI=1S/C25H20FN3O3S.ClH/c1-28(2)12-13-29(25-27-22-19(26)8-5-9-21(22)33-25)23(30)18-14-17-16-7-4-3-6-15(16)10-11-20(17)32-24(18)31;/h3-11,14H,12-13H2,1-2H3;1H.